The van der Waals surface area contributed by atoms with Crippen molar-refractivity contribution in [2.75, 3.05) is 13.2 Å². The quantitative estimate of drug-likeness (QED) is 0.912. The number of aliphatic hydroxyl groups excluding tert-OH is 1. The lowest BCUT2D eigenvalue weighted by Crippen LogP contribution is -2.56. The Morgan fingerprint density at radius 1 is 0.885 bits per heavy atom. The van der Waals surface area contributed by atoms with Crippen LogP contribution in [0.1, 0.15) is 30.6 Å². The Morgan fingerprint density at radius 2 is 1.50 bits per heavy atom. The van der Waals surface area contributed by atoms with Crippen molar-refractivity contribution in [2.45, 2.75) is 37.8 Å². The van der Waals surface area contributed by atoms with E-state index in [9.17, 15) is 5.11 Å². The summed E-state index contributed by atoms with van der Waals surface area (Å²) in [4.78, 5) is 0. The van der Waals surface area contributed by atoms with Gasteiger partial charge in [-0.3, -0.25) is 0 Å². The molecule has 2 heterocycles. The van der Waals surface area contributed by atoms with Crippen LogP contribution in [0.15, 0.2) is 60.7 Å². The van der Waals surface area contributed by atoms with Gasteiger partial charge in [0.25, 0.3) is 0 Å². The fourth-order valence-electron chi connectivity index (χ4n) is 3.48. The zero-order chi connectivity index (χ0) is 17.9. The number of hydrogen-bond acceptors (Lipinski definition) is 5. The standard InChI is InChI=1S/C21H24O5/c1-14(12-22)18-19-17(24-21(25-18)16-10-6-3-7-11-16)13-23-20(26-19)15-8-4-2-5-9-15/h2-11,14,17-22H,12-13H2,1H3. The van der Waals surface area contributed by atoms with Crippen molar-refractivity contribution in [3.8, 4) is 0 Å². The average molecular weight is 356 g/mol. The minimum atomic E-state index is -0.489. The van der Waals surface area contributed by atoms with Crippen LogP contribution in [0.25, 0.3) is 0 Å². The van der Waals surface area contributed by atoms with Crippen molar-refractivity contribution in [1.82, 2.24) is 0 Å². The van der Waals surface area contributed by atoms with Gasteiger partial charge in [-0.25, -0.2) is 0 Å². The summed E-state index contributed by atoms with van der Waals surface area (Å²) in [5.74, 6) is -0.0767. The molecule has 1 N–H and O–H groups in total. The third kappa shape index (κ3) is 3.54. The highest BCUT2D eigenvalue weighted by Gasteiger charge is 2.47. The van der Waals surface area contributed by atoms with Gasteiger partial charge < -0.3 is 24.1 Å². The second-order valence-electron chi connectivity index (χ2n) is 6.85. The molecular formula is C21H24O5. The third-order valence-corrected chi connectivity index (χ3v) is 4.95. The first-order valence-electron chi connectivity index (χ1n) is 9.05. The highest BCUT2D eigenvalue weighted by atomic mass is 16.8. The number of aliphatic hydroxyl groups is 1. The molecule has 2 aromatic rings. The SMILES string of the molecule is CC(CO)C1OC(c2ccccc2)OC2COC(c3ccccc3)OC21. The molecule has 4 rings (SSSR count). The molecule has 2 aromatic carbocycles. The molecule has 2 aliphatic rings. The summed E-state index contributed by atoms with van der Waals surface area (Å²) in [5, 5.41) is 9.71. The van der Waals surface area contributed by atoms with Gasteiger partial charge >= 0.3 is 0 Å². The molecular weight excluding hydrogens is 332 g/mol. The maximum Gasteiger partial charge on any atom is 0.184 e. The van der Waals surface area contributed by atoms with E-state index < -0.39 is 12.6 Å². The number of ether oxygens (including phenoxy) is 4. The van der Waals surface area contributed by atoms with E-state index in [4.69, 9.17) is 18.9 Å². The Morgan fingerprint density at radius 3 is 2.12 bits per heavy atom. The van der Waals surface area contributed by atoms with Crippen molar-refractivity contribution >= 4 is 0 Å². The zero-order valence-electron chi connectivity index (χ0n) is 14.7. The Hall–Kier alpha value is -1.76. The molecule has 5 heteroatoms. The number of fused-ring (bicyclic) bond motifs is 1. The Bertz CT molecular complexity index is 690. The Balaban J connectivity index is 1.56. The summed E-state index contributed by atoms with van der Waals surface area (Å²) in [6.45, 7) is 2.41. The van der Waals surface area contributed by atoms with Crippen LogP contribution >= 0.6 is 0 Å². The van der Waals surface area contributed by atoms with Gasteiger partial charge in [0.15, 0.2) is 12.6 Å². The van der Waals surface area contributed by atoms with E-state index in [2.05, 4.69) is 0 Å². The summed E-state index contributed by atoms with van der Waals surface area (Å²) < 4.78 is 24.5. The van der Waals surface area contributed by atoms with Crippen LogP contribution in [0.5, 0.6) is 0 Å². The topological polar surface area (TPSA) is 57.2 Å². The number of hydrogen-bond donors (Lipinski definition) is 1. The number of rotatable bonds is 4. The van der Waals surface area contributed by atoms with Crippen molar-refractivity contribution in [3.05, 3.63) is 71.8 Å². The zero-order valence-corrected chi connectivity index (χ0v) is 14.7. The highest BCUT2D eigenvalue weighted by Crippen LogP contribution is 2.39. The van der Waals surface area contributed by atoms with Gasteiger partial charge in [0, 0.05) is 23.7 Å². The van der Waals surface area contributed by atoms with Crippen LogP contribution in [-0.2, 0) is 18.9 Å². The molecule has 0 aliphatic carbocycles. The molecule has 2 fully saturated rings. The molecule has 0 aromatic heterocycles. The predicted octanol–water partition coefficient (Wildman–Crippen LogP) is 3.21. The monoisotopic (exact) mass is 356 g/mol. The molecule has 6 atom stereocenters. The van der Waals surface area contributed by atoms with E-state index in [0.717, 1.165) is 11.1 Å². The molecule has 6 unspecified atom stereocenters. The van der Waals surface area contributed by atoms with Crippen molar-refractivity contribution in [2.24, 2.45) is 5.92 Å². The minimum absolute atomic E-state index is 0.0234. The first-order chi connectivity index (χ1) is 12.8. The molecule has 138 valence electrons. The van der Waals surface area contributed by atoms with Crippen LogP contribution in [0.2, 0.25) is 0 Å². The summed E-state index contributed by atoms with van der Waals surface area (Å²) >= 11 is 0. The van der Waals surface area contributed by atoms with Crippen molar-refractivity contribution in [1.29, 1.82) is 0 Å². The number of benzene rings is 2. The minimum Gasteiger partial charge on any atom is -0.396 e. The smallest absolute Gasteiger partial charge is 0.184 e. The van der Waals surface area contributed by atoms with Crippen molar-refractivity contribution in [3.63, 3.8) is 0 Å². The molecule has 0 radical (unpaired) electrons. The van der Waals surface area contributed by atoms with E-state index in [1.54, 1.807) is 0 Å². The van der Waals surface area contributed by atoms with Gasteiger partial charge in [-0.15, -0.1) is 0 Å². The van der Waals surface area contributed by atoms with Gasteiger partial charge in [0.05, 0.1) is 12.7 Å². The fourth-order valence-corrected chi connectivity index (χ4v) is 3.48. The first kappa shape index (κ1) is 17.6. The molecule has 0 amide bonds. The molecule has 5 nitrogen and oxygen atoms in total. The maximum absolute atomic E-state index is 9.71. The van der Waals surface area contributed by atoms with Crippen LogP contribution in [0.4, 0.5) is 0 Å². The summed E-state index contributed by atoms with van der Waals surface area (Å²) in [7, 11) is 0. The van der Waals surface area contributed by atoms with Gasteiger partial charge in [-0.1, -0.05) is 67.6 Å². The van der Waals surface area contributed by atoms with E-state index >= 15 is 0 Å². The molecule has 2 saturated heterocycles. The average Bonchev–Trinajstić information content (AvgIpc) is 2.73. The van der Waals surface area contributed by atoms with Crippen LogP contribution in [0, 0.1) is 5.92 Å². The molecule has 0 saturated carbocycles. The van der Waals surface area contributed by atoms with Crippen LogP contribution in [0.3, 0.4) is 0 Å². The van der Waals surface area contributed by atoms with Gasteiger partial charge in [-0.2, -0.15) is 0 Å². The molecule has 26 heavy (non-hydrogen) atoms. The first-order valence-corrected chi connectivity index (χ1v) is 9.05. The third-order valence-electron chi connectivity index (χ3n) is 4.95. The Kier molecular flexibility index (Phi) is 5.33. The normalized spacial score (nSPS) is 32.6. The summed E-state index contributed by atoms with van der Waals surface area (Å²) in [6.07, 6.45) is -1.76. The van der Waals surface area contributed by atoms with E-state index in [-0.39, 0.29) is 30.8 Å². The summed E-state index contributed by atoms with van der Waals surface area (Å²) in [6, 6.07) is 19.7. The lowest BCUT2D eigenvalue weighted by molar-refractivity contribution is -0.370. The van der Waals surface area contributed by atoms with Gasteiger partial charge in [0.1, 0.15) is 12.2 Å². The largest absolute Gasteiger partial charge is 0.396 e. The fraction of sp³-hybridized carbons (Fsp3) is 0.429. The molecule has 2 aliphatic heterocycles. The maximum atomic E-state index is 9.71. The lowest BCUT2D eigenvalue weighted by Gasteiger charge is -2.47. The van der Waals surface area contributed by atoms with E-state index in [1.807, 2.05) is 67.6 Å². The van der Waals surface area contributed by atoms with Crippen molar-refractivity contribution < 1.29 is 24.1 Å². The van der Waals surface area contributed by atoms with E-state index in [1.165, 1.54) is 0 Å². The van der Waals surface area contributed by atoms with Crippen LogP contribution in [-0.4, -0.2) is 36.6 Å². The molecule has 0 spiro atoms. The Labute approximate surface area is 153 Å². The predicted molar refractivity (Wildman–Crippen MR) is 95.2 cm³/mol. The molecule has 0 bridgehead atoms. The summed E-state index contributed by atoms with van der Waals surface area (Å²) in [5.41, 5.74) is 1.91. The van der Waals surface area contributed by atoms with Gasteiger partial charge in [0.2, 0.25) is 0 Å². The lowest BCUT2D eigenvalue weighted by atomic mass is 9.94. The van der Waals surface area contributed by atoms with E-state index in [0.29, 0.717) is 6.61 Å². The second-order valence-corrected chi connectivity index (χ2v) is 6.85. The van der Waals surface area contributed by atoms with Gasteiger partial charge in [-0.05, 0) is 0 Å². The second kappa shape index (κ2) is 7.86. The van der Waals surface area contributed by atoms with Crippen LogP contribution < -0.4 is 0 Å². The highest BCUT2D eigenvalue weighted by molar-refractivity contribution is 5.18.